The van der Waals surface area contributed by atoms with Gasteiger partial charge >= 0.3 is 6.18 Å². The molecule has 2 heterocycles. The van der Waals surface area contributed by atoms with Crippen LogP contribution in [0.25, 0.3) is 10.9 Å². The molecule has 35 heavy (non-hydrogen) atoms. The van der Waals surface area contributed by atoms with Crippen LogP contribution < -0.4 is 20.1 Å². The fraction of sp³-hybridized carbons (Fsp3) is 0.208. The van der Waals surface area contributed by atoms with Crippen LogP contribution in [-0.4, -0.2) is 35.1 Å². The average Bonchev–Trinajstić information content (AvgIpc) is 3.19. The molecule has 4 rings (SSSR count). The van der Waals surface area contributed by atoms with E-state index in [0.717, 1.165) is 36.1 Å². The Morgan fingerprint density at radius 2 is 1.89 bits per heavy atom. The highest BCUT2D eigenvalue weighted by molar-refractivity contribution is 5.81. The van der Waals surface area contributed by atoms with Crippen molar-refractivity contribution in [2.75, 3.05) is 19.5 Å². The minimum absolute atomic E-state index is 0.0677. The summed E-state index contributed by atoms with van der Waals surface area (Å²) in [5.74, 6) is 1.05. The number of anilines is 1. The summed E-state index contributed by atoms with van der Waals surface area (Å²) in [5.41, 5.74) is 1.23. The predicted octanol–water partition coefficient (Wildman–Crippen LogP) is 4.76. The van der Waals surface area contributed by atoms with E-state index in [1.54, 1.807) is 0 Å². The minimum atomic E-state index is -4.51. The van der Waals surface area contributed by atoms with Crippen LogP contribution in [0.2, 0.25) is 0 Å². The summed E-state index contributed by atoms with van der Waals surface area (Å²) >= 11 is 0. The number of halogens is 3. The molecule has 2 aromatic carbocycles. The van der Waals surface area contributed by atoms with Crippen LogP contribution in [0.4, 0.5) is 18.9 Å². The van der Waals surface area contributed by atoms with E-state index in [0.29, 0.717) is 18.8 Å². The smallest absolute Gasteiger partial charge is 0.420 e. The van der Waals surface area contributed by atoms with Gasteiger partial charge in [0.25, 0.3) is 0 Å². The van der Waals surface area contributed by atoms with Gasteiger partial charge in [0.15, 0.2) is 0 Å². The summed E-state index contributed by atoms with van der Waals surface area (Å²) in [6.07, 6.45) is -0.652. The zero-order valence-corrected chi connectivity index (χ0v) is 19.3. The third kappa shape index (κ3) is 6.70. The second-order valence-corrected chi connectivity index (χ2v) is 7.30. The van der Waals surface area contributed by atoms with Gasteiger partial charge in [-0.25, -0.2) is 9.97 Å². The Kier molecular flexibility index (Phi) is 8.26. The Labute approximate surface area is 199 Å². The topological polar surface area (TPSA) is 90.3 Å². The molecule has 0 saturated heterocycles. The molecule has 0 saturated carbocycles. The van der Waals surface area contributed by atoms with Crippen LogP contribution in [-0.2, 0) is 24.6 Å². The fourth-order valence-corrected chi connectivity index (χ4v) is 3.24. The van der Waals surface area contributed by atoms with E-state index in [9.17, 15) is 18.0 Å². The number of hydrogen-bond donors (Lipinski definition) is 2. The summed E-state index contributed by atoms with van der Waals surface area (Å²) in [7, 11) is 5.06. The van der Waals surface area contributed by atoms with E-state index in [4.69, 9.17) is 4.74 Å². The third-order valence-corrected chi connectivity index (χ3v) is 4.87. The quantitative estimate of drug-likeness (QED) is 0.365. The zero-order chi connectivity index (χ0) is 25.4. The molecule has 0 spiro atoms. The van der Waals surface area contributed by atoms with E-state index >= 15 is 0 Å². The van der Waals surface area contributed by atoms with E-state index in [2.05, 4.69) is 36.0 Å². The lowest BCUT2D eigenvalue weighted by atomic mass is 10.1. The first-order valence-electron chi connectivity index (χ1n) is 10.4. The number of rotatable bonds is 7. The van der Waals surface area contributed by atoms with Gasteiger partial charge in [0.05, 0.1) is 18.4 Å². The Balaban J connectivity index is 0.000000205. The molecule has 11 heteroatoms. The Morgan fingerprint density at radius 1 is 1.09 bits per heavy atom. The highest BCUT2D eigenvalue weighted by Gasteiger charge is 2.34. The van der Waals surface area contributed by atoms with Crippen molar-refractivity contribution in [3.63, 3.8) is 0 Å². The monoisotopic (exact) mass is 487 g/mol. The lowest BCUT2D eigenvalue weighted by molar-refractivity contribution is -0.138. The maximum atomic E-state index is 12.5. The summed E-state index contributed by atoms with van der Waals surface area (Å²) in [6, 6.07) is 13.2. The second-order valence-electron chi connectivity index (χ2n) is 7.30. The molecule has 0 bridgehead atoms. The molecule has 184 valence electrons. The highest BCUT2D eigenvalue weighted by Crippen LogP contribution is 2.37. The SMILES string of the molecule is CNCc1cc(Oc2ccc3c(ccn3C)c2)ncn1.COc1ccc(NC=O)cc1C(F)(F)F. The van der Waals surface area contributed by atoms with Gasteiger partial charge in [-0.3, -0.25) is 4.79 Å². The number of nitrogens with one attached hydrogen (secondary N) is 2. The number of amides is 1. The predicted molar refractivity (Wildman–Crippen MR) is 125 cm³/mol. The summed E-state index contributed by atoms with van der Waals surface area (Å²) in [6.45, 7) is 0.691. The molecule has 0 unspecified atom stereocenters. The molecule has 8 nitrogen and oxygen atoms in total. The number of nitrogens with zero attached hydrogens (tertiary/aromatic N) is 3. The molecule has 4 aromatic rings. The van der Waals surface area contributed by atoms with Crippen LogP contribution in [0.15, 0.2) is 61.1 Å². The number of alkyl halides is 3. The second kappa shape index (κ2) is 11.3. The molecule has 0 fully saturated rings. The number of aromatic nitrogens is 3. The van der Waals surface area contributed by atoms with E-state index < -0.39 is 11.7 Å². The maximum absolute atomic E-state index is 12.5. The van der Waals surface area contributed by atoms with Crippen molar-refractivity contribution in [2.24, 2.45) is 7.05 Å². The van der Waals surface area contributed by atoms with Crippen LogP contribution in [0.1, 0.15) is 11.3 Å². The van der Waals surface area contributed by atoms with Gasteiger partial charge in [-0.1, -0.05) is 0 Å². The largest absolute Gasteiger partial charge is 0.496 e. The molecule has 2 N–H and O–H groups in total. The first-order chi connectivity index (χ1) is 16.7. The standard InChI is InChI=1S/C15H16N4O.C9H8F3NO2/c1-16-9-12-8-15(18-10-17-12)20-13-3-4-14-11(7-13)5-6-19(14)2;1-15-8-3-2-6(13-5-14)4-7(8)9(10,11)12/h3-8,10,16H,9H2,1-2H3;2-5H,1H3,(H,13,14). The van der Waals surface area contributed by atoms with Crippen molar-refractivity contribution in [3.05, 3.63) is 72.3 Å². The molecule has 1 amide bonds. The minimum Gasteiger partial charge on any atom is -0.496 e. The Morgan fingerprint density at radius 3 is 2.57 bits per heavy atom. The molecular weight excluding hydrogens is 463 g/mol. The Bertz CT molecular complexity index is 1290. The van der Waals surface area contributed by atoms with E-state index in [1.807, 2.05) is 44.6 Å². The molecule has 0 aliphatic heterocycles. The van der Waals surface area contributed by atoms with Gasteiger partial charge in [-0.2, -0.15) is 13.2 Å². The molecule has 2 aromatic heterocycles. The van der Waals surface area contributed by atoms with Gasteiger partial charge in [0.2, 0.25) is 12.3 Å². The van der Waals surface area contributed by atoms with Crippen LogP contribution in [0.3, 0.4) is 0 Å². The number of methoxy groups -OCH3 is 1. The molecule has 0 radical (unpaired) electrons. The van der Waals surface area contributed by atoms with Crippen molar-refractivity contribution in [1.29, 1.82) is 0 Å². The van der Waals surface area contributed by atoms with Crippen molar-refractivity contribution in [1.82, 2.24) is 19.9 Å². The summed E-state index contributed by atoms with van der Waals surface area (Å²) in [5, 5.41) is 6.34. The van der Waals surface area contributed by atoms with Gasteiger partial charge in [-0.05, 0) is 49.5 Å². The number of ether oxygens (including phenoxy) is 2. The van der Waals surface area contributed by atoms with Crippen molar-refractivity contribution in [2.45, 2.75) is 12.7 Å². The summed E-state index contributed by atoms with van der Waals surface area (Å²) < 4.78 is 49.8. The number of aryl methyl sites for hydroxylation is 1. The fourth-order valence-electron chi connectivity index (χ4n) is 3.24. The maximum Gasteiger partial charge on any atom is 0.420 e. The molecule has 0 atom stereocenters. The van der Waals surface area contributed by atoms with Gasteiger partial charge in [0.1, 0.15) is 17.8 Å². The first-order valence-corrected chi connectivity index (χ1v) is 10.4. The molecular formula is C24H24F3N5O3. The molecule has 0 aliphatic carbocycles. The van der Waals surface area contributed by atoms with Crippen LogP contribution >= 0.6 is 0 Å². The molecule has 0 aliphatic rings. The third-order valence-electron chi connectivity index (χ3n) is 4.87. The highest BCUT2D eigenvalue weighted by atomic mass is 19.4. The number of carbonyl (C=O) groups excluding carboxylic acids is 1. The van der Waals surface area contributed by atoms with Crippen molar-refractivity contribution in [3.8, 4) is 17.4 Å². The van der Waals surface area contributed by atoms with E-state index in [1.165, 1.54) is 17.9 Å². The number of carbonyl (C=O) groups is 1. The number of fused-ring (bicyclic) bond motifs is 1. The average molecular weight is 487 g/mol. The van der Waals surface area contributed by atoms with E-state index in [-0.39, 0.29) is 11.4 Å². The Hall–Kier alpha value is -4.12. The van der Waals surface area contributed by atoms with Gasteiger partial charge in [-0.15, -0.1) is 0 Å². The first kappa shape index (κ1) is 25.5. The summed E-state index contributed by atoms with van der Waals surface area (Å²) in [4.78, 5) is 18.4. The number of benzene rings is 2. The van der Waals surface area contributed by atoms with Crippen LogP contribution in [0.5, 0.6) is 17.4 Å². The van der Waals surface area contributed by atoms with Gasteiger partial charge < -0.3 is 24.7 Å². The zero-order valence-electron chi connectivity index (χ0n) is 19.3. The van der Waals surface area contributed by atoms with Gasteiger partial charge in [0, 0.05) is 42.4 Å². The van der Waals surface area contributed by atoms with Crippen molar-refractivity contribution >= 4 is 23.0 Å². The normalized spacial score (nSPS) is 10.9. The van der Waals surface area contributed by atoms with Crippen molar-refractivity contribution < 1.29 is 27.4 Å². The number of hydrogen-bond acceptors (Lipinski definition) is 6. The lowest BCUT2D eigenvalue weighted by Crippen LogP contribution is -2.08. The lowest BCUT2D eigenvalue weighted by Gasteiger charge is -2.12. The van der Waals surface area contributed by atoms with Crippen LogP contribution in [0, 0.1) is 0 Å².